The maximum absolute atomic E-state index is 11.7. The zero-order chi connectivity index (χ0) is 12.3. The summed E-state index contributed by atoms with van der Waals surface area (Å²) in [6, 6.07) is 3.55. The van der Waals surface area contributed by atoms with Crippen LogP contribution < -0.4 is 10.2 Å². The Morgan fingerprint density at radius 1 is 1.59 bits per heavy atom. The lowest BCUT2D eigenvalue weighted by Gasteiger charge is -2.35. The van der Waals surface area contributed by atoms with Crippen molar-refractivity contribution >= 4 is 11.7 Å². The number of aromatic nitrogens is 1. The van der Waals surface area contributed by atoms with E-state index >= 15 is 0 Å². The third-order valence-electron chi connectivity index (χ3n) is 3.00. The Bertz CT molecular complexity index is 391. The van der Waals surface area contributed by atoms with Gasteiger partial charge in [0.15, 0.2) is 0 Å². The number of aliphatic hydroxyl groups is 1. The van der Waals surface area contributed by atoms with Gasteiger partial charge in [0, 0.05) is 19.3 Å². The highest BCUT2D eigenvalue weighted by Crippen LogP contribution is 2.18. The number of rotatable bonds is 3. The van der Waals surface area contributed by atoms with Crippen LogP contribution in [0, 0.1) is 0 Å². The van der Waals surface area contributed by atoms with E-state index < -0.39 is 0 Å². The van der Waals surface area contributed by atoms with Crippen LogP contribution >= 0.6 is 0 Å². The van der Waals surface area contributed by atoms with Crippen molar-refractivity contribution in [2.24, 2.45) is 0 Å². The summed E-state index contributed by atoms with van der Waals surface area (Å²) in [6.07, 6.45) is 2.41. The van der Waals surface area contributed by atoms with Gasteiger partial charge in [-0.3, -0.25) is 4.79 Å². The van der Waals surface area contributed by atoms with E-state index in [9.17, 15) is 4.79 Å². The Labute approximate surface area is 100 Å². The van der Waals surface area contributed by atoms with Crippen LogP contribution in [0.5, 0.6) is 0 Å². The molecule has 1 amide bonds. The molecule has 17 heavy (non-hydrogen) atoms. The van der Waals surface area contributed by atoms with Crippen molar-refractivity contribution in [3.8, 4) is 0 Å². The average Bonchev–Trinajstić information content (AvgIpc) is 2.38. The van der Waals surface area contributed by atoms with Gasteiger partial charge in [-0.25, -0.2) is 4.98 Å². The predicted octanol–water partition coefficient (Wildman–Crippen LogP) is 0.289. The van der Waals surface area contributed by atoms with E-state index in [4.69, 9.17) is 5.11 Å². The molecular formula is C12H17N3O2. The number of carbonyl (C=O) groups is 1. The third-order valence-corrected chi connectivity index (χ3v) is 3.00. The zero-order valence-electron chi connectivity index (χ0n) is 9.89. The number of nitrogens with zero attached hydrogens (tertiary/aromatic N) is 2. The van der Waals surface area contributed by atoms with Gasteiger partial charge in [-0.1, -0.05) is 13.0 Å². The summed E-state index contributed by atoms with van der Waals surface area (Å²) in [4.78, 5) is 18.0. The Morgan fingerprint density at radius 2 is 2.41 bits per heavy atom. The van der Waals surface area contributed by atoms with E-state index in [1.807, 2.05) is 24.0 Å². The van der Waals surface area contributed by atoms with E-state index in [0.29, 0.717) is 6.54 Å². The van der Waals surface area contributed by atoms with Gasteiger partial charge in [0.05, 0.1) is 6.61 Å². The molecule has 0 aliphatic carbocycles. The molecule has 0 bridgehead atoms. The van der Waals surface area contributed by atoms with Crippen LogP contribution in [0.1, 0.15) is 18.9 Å². The standard InChI is InChI=1S/C12H17N3O2/c1-2-10-12(17)13-5-6-15(10)11-4-3-9(8-16)7-14-11/h3-4,7,10,16H,2,5-6,8H2,1H3,(H,13,17). The summed E-state index contributed by atoms with van der Waals surface area (Å²) in [5.74, 6) is 0.857. The second kappa shape index (κ2) is 5.14. The van der Waals surface area contributed by atoms with Crippen molar-refractivity contribution in [1.29, 1.82) is 0 Å². The van der Waals surface area contributed by atoms with Gasteiger partial charge in [-0.2, -0.15) is 0 Å². The lowest BCUT2D eigenvalue weighted by atomic mass is 10.1. The molecular weight excluding hydrogens is 218 g/mol. The molecule has 1 aliphatic rings. The molecule has 1 aromatic rings. The fourth-order valence-corrected chi connectivity index (χ4v) is 2.07. The Hall–Kier alpha value is -1.62. The maximum Gasteiger partial charge on any atom is 0.242 e. The quantitative estimate of drug-likeness (QED) is 0.790. The molecule has 0 spiro atoms. The Kier molecular flexibility index (Phi) is 3.58. The van der Waals surface area contributed by atoms with Crippen LogP contribution in [0.3, 0.4) is 0 Å². The molecule has 1 saturated heterocycles. The minimum absolute atomic E-state index is 0.00896. The van der Waals surface area contributed by atoms with Gasteiger partial charge in [0.25, 0.3) is 0 Å². The molecule has 2 N–H and O–H groups in total. The number of hydrogen-bond donors (Lipinski definition) is 2. The first-order valence-electron chi connectivity index (χ1n) is 5.86. The van der Waals surface area contributed by atoms with E-state index in [2.05, 4.69) is 10.3 Å². The molecule has 0 saturated carbocycles. The Morgan fingerprint density at radius 3 is 3.00 bits per heavy atom. The van der Waals surface area contributed by atoms with E-state index in [0.717, 1.165) is 24.3 Å². The van der Waals surface area contributed by atoms with Crippen LogP contribution in [-0.2, 0) is 11.4 Å². The number of anilines is 1. The second-order valence-corrected chi connectivity index (χ2v) is 4.09. The smallest absolute Gasteiger partial charge is 0.242 e. The number of amides is 1. The van der Waals surface area contributed by atoms with Crippen LogP contribution in [-0.4, -0.2) is 35.1 Å². The first kappa shape index (κ1) is 11.9. The van der Waals surface area contributed by atoms with Gasteiger partial charge in [-0.15, -0.1) is 0 Å². The monoisotopic (exact) mass is 235 g/mol. The van der Waals surface area contributed by atoms with Crippen molar-refractivity contribution in [2.45, 2.75) is 26.0 Å². The number of aliphatic hydroxyl groups excluding tert-OH is 1. The predicted molar refractivity (Wildman–Crippen MR) is 64.6 cm³/mol. The second-order valence-electron chi connectivity index (χ2n) is 4.09. The molecule has 5 nitrogen and oxygen atoms in total. The van der Waals surface area contributed by atoms with Crippen molar-refractivity contribution in [1.82, 2.24) is 10.3 Å². The first-order valence-corrected chi connectivity index (χ1v) is 5.86. The molecule has 1 unspecified atom stereocenters. The normalized spacial score (nSPS) is 20.2. The van der Waals surface area contributed by atoms with Gasteiger partial charge in [0.2, 0.25) is 5.91 Å². The highest BCUT2D eigenvalue weighted by molar-refractivity contribution is 5.86. The van der Waals surface area contributed by atoms with Crippen molar-refractivity contribution in [2.75, 3.05) is 18.0 Å². The summed E-state index contributed by atoms with van der Waals surface area (Å²) in [5.41, 5.74) is 0.781. The highest BCUT2D eigenvalue weighted by atomic mass is 16.3. The molecule has 0 radical (unpaired) electrons. The molecule has 5 heteroatoms. The minimum Gasteiger partial charge on any atom is -0.392 e. The molecule has 0 aromatic carbocycles. The first-order chi connectivity index (χ1) is 8.26. The molecule has 1 fully saturated rings. The molecule has 1 aromatic heterocycles. The molecule has 2 heterocycles. The number of piperazine rings is 1. The van der Waals surface area contributed by atoms with Gasteiger partial charge >= 0.3 is 0 Å². The van der Waals surface area contributed by atoms with Crippen molar-refractivity contribution < 1.29 is 9.90 Å². The SMILES string of the molecule is CCC1C(=O)NCCN1c1ccc(CO)cn1. The summed E-state index contributed by atoms with van der Waals surface area (Å²) in [7, 11) is 0. The molecule has 1 aliphatic heterocycles. The highest BCUT2D eigenvalue weighted by Gasteiger charge is 2.28. The summed E-state index contributed by atoms with van der Waals surface area (Å²) >= 11 is 0. The molecule has 2 rings (SSSR count). The van der Waals surface area contributed by atoms with Crippen LogP contribution in [0.2, 0.25) is 0 Å². The summed E-state index contributed by atoms with van der Waals surface area (Å²) in [5, 5.41) is 11.8. The number of nitrogens with one attached hydrogen (secondary N) is 1. The van der Waals surface area contributed by atoms with Crippen LogP contribution in [0.15, 0.2) is 18.3 Å². The van der Waals surface area contributed by atoms with E-state index in [1.54, 1.807) is 6.20 Å². The van der Waals surface area contributed by atoms with Gasteiger partial charge in [-0.05, 0) is 18.1 Å². The lowest BCUT2D eigenvalue weighted by Crippen LogP contribution is -2.55. The van der Waals surface area contributed by atoms with Gasteiger partial charge in [0.1, 0.15) is 11.9 Å². The molecule has 1 atom stereocenters. The Balaban J connectivity index is 2.21. The van der Waals surface area contributed by atoms with E-state index in [1.165, 1.54) is 0 Å². The van der Waals surface area contributed by atoms with E-state index in [-0.39, 0.29) is 18.6 Å². The number of pyridine rings is 1. The number of hydrogen-bond acceptors (Lipinski definition) is 4. The average molecular weight is 235 g/mol. The van der Waals surface area contributed by atoms with Crippen LogP contribution in [0.4, 0.5) is 5.82 Å². The zero-order valence-corrected chi connectivity index (χ0v) is 9.89. The number of carbonyl (C=O) groups excluding carboxylic acids is 1. The lowest BCUT2D eigenvalue weighted by molar-refractivity contribution is -0.123. The fourth-order valence-electron chi connectivity index (χ4n) is 2.07. The largest absolute Gasteiger partial charge is 0.392 e. The summed E-state index contributed by atoms with van der Waals surface area (Å²) in [6.45, 7) is 3.41. The maximum atomic E-state index is 11.7. The van der Waals surface area contributed by atoms with Gasteiger partial charge < -0.3 is 15.3 Å². The topological polar surface area (TPSA) is 65.5 Å². The summed E-state index contributed by atoms with van der Waals surface area (Å²) < 4.78 is 0. The molecule has 92 valence electrons. The van der Waals surface area contributed by atoms with Crippen LogP contribution in [0.25, 0.3) is 0 Å². The third kappa shape index (κ3) is 2.39. The van der Waals surface area contributed by atoms with Crippen molar-refractivity contribution in [3.05, 3.63) is 23.9 Å². The minimum atomic E-state index is -0.142. The van der Waals surface area contributed by atoms with Crippen molar-refractivity contribution in [3.63, 3.8) is 0 Å². The fraction of sp³-hybridized carbons (Fsp3) is 0.500.